The van der Waals surface area contributed by atoms with Crippen molar-refractivity contribution in [3.8, 4) is 0 Å². The van der Waals surface area contributed by atoms with E-state index in [0.717, 1.165) is 16.4 Å². The smallest absolute Gasteiger partial charge is 0.231 e. The van der Waals surface area contributed by atoms with Gasteiger partial charge in [-0.2, -0.15) is 0 Å². The number of carbonyl (C=O) groups excluding carboxylic acids is 1. The number of hydrogen-bond acceptors (Lipinski definition) is 4. The van der Waals surface area contributed by atoms with Crippen LogP contribution in [0.3, 0.4) is 0 Å². The molecule has 1 heterocycles. The van der Waals surface area contributed by atoms with Crippen LogP contribution >= 0.6 is 11.3 Å². The zero-order valence-corrected chi connectivity index (χ0v) is 18.0. The Balaban J connectivity index is 1.34. The van der Waals surface area contributed by atoms with Crippen molar-refractivity contribution >= 4 is 33.7 Å². The molecule has 30 heavy (non-hydrogen) atoms. The topological polar surface area (TPSA) is 54.0 Å². The largest absolute Gasteiger partial charge is 0.326 e. The van der Waals surface area contributed by atoms with Crippen molar-refractivity contribution in [1.82, 2.24) is 10.3 Å². The van der Waals surface area contributed by atoms with Gasteiger partial charge in [-0.05, 0) is 42.3 Å². The van der Waals surface area contributed by atoms with Gasteiger partial charge in [-0.15, -0.1) is 11.3 Å². The summed E-state index contributed by atoms with van der Waals surface area (Å²) in [5.74, 6) is -0.0446. The van der Waals surface area contributed by atoms with Crippen molar-refractivity contribution in [1.29, 1.82) is 0 Å². The minimum absolute atomic E-state index is 0.0446. The average molecular weight is 416 g/mol. The Labute approximate surface area is 181 Å². The van der Waals surface area contributed by atoms with Gasteiger partial charge in [0.2, 0.25) is 5.91 Å². The fraction of sp³-hybridized carbons (Fsp3) is 0.200. The number of aryl methyl sites for hydroxylation is 1. The highest BCUT2D eigenvalue weighted by atomic mass is 32.1. The van der Waals surface area contributed by atoms with Crippen molar-refractivity contribution in [2.75, 3.05) is 5.32 Å². The maximum Gasteiger partial charge on any atom is 0.231 e. The lowest BCUT2D eigenvalue weighted by Gasteiger charge is -2.16. The number of rotatable bonds is 7. The molecule has 1 amide bonds. The summed E-state index contributed by atoms with van der Waals surface area (Å²) in [6.45, 7) is 4.86. The first-order chi connectivity index (χ1) is 14.6. The minimum atomic E-state index is -0.0446. The van der Waals surface area contributed by atoms with E-state index in [1.165, 1.54) is 33.2 Å². The Morgan fingerprint density at radius 2 is 1.80 bits per heavy atom. The molecule has 2 N–H and O–H groups in total. The Morgan fingerprint density at radius 3 is 2.63 bits per heavy atom. The highest BCUT2D eigenvalue weighted by molar-refractivity contribution is 7.09. The molecule has 0 spiro atoms. The molecule has 1 aromatic heterocycles. The molecule has 4 aromatic rings. The second kappa shape index (κ2) is 9.20. The third-order valence-electron chi connectivity index (χ3n) is 5.13. The Hall–Kier alpha value is -3.02. The van der Waals surface area contributed by atoms with Crippen LogP contribution in [0.2, 0.25) is 0 Å². The lowest BCUT2D eigenvalue weighted by molar-refractivity contribution is -0.115. The van der Waals surface area contributed by atoms with Gasteiger partial charge in [0.05, 0.1) is 12.1 Å². The SMILES string of the molecule is Cc1ccc(NC(=O)Cc2nc(CN[C@H](C)c3cccc4ccccc34)cs2)cc1. The number of amides is 1. The van der Waals surface area contributed by atoms with Crippen molar-refractivity contribution in [2.24, 2.45) is 0 Å². The summed E-state index contributed by atoms with van der Waals surface area (Å²) in [7, 11) is 0. The van der Waals surface area contributed by atoms with Crippen LogP contribution in [0.25, 0.3) is 10.8 Å². The Bertz CT molecular complexity index is 1150. The third kappa shape index (κ3) is 4.93. The molecule has 1 atom stereocenters. The number of carbonyl (C=O) groups is 1. The van der Waals surface area contributed by atoms with Gasteiger partial charge in [-0.3, -0.25) is 4.79 Å². The van der Waals surface area contributed by atoms with Gasteiger partial charge in [0, 0.05) is 23.7 Å². The zero-order valence-electron chi connectivity index (χ0n) is 17.2. The maximum absolute atomic E-state index is 12.3. The predicted octanol–water partition coefficient (Wildman–Crippen LogP) is 5.64. The molecule has 0 aliphatic carbocycles. The van der Waals surface area contributed by atoms with Gasteiger partial charge in [0.1, 0.15) is 5.01 Å². The first-order valence-corrected chi connectivity index (χ1v) is 11.0. The fourth-order valence-corrected chi connectivity index (χ4v) is 4.28. The van der Waals surface area contributed by atoms with Gasteiger partial charge >= 0.3 is 0 Å². The number of hydrogen-bond donors (Lipinski definition) is 2. The molecule has 5 heteroatoms. The summed E-state index contributed by atoms with van der Waals surface area (Å²) >= 11 is 1.53. The van der Waals surface area contributed by atoms with Gasteiger partial charge in [-0.1, -0.05) is 60.2 Å². The standard InChI is InChI=1S/C25H25N3OS/c1-17-10-12-20(13-11-17)27-24(29)14-25-28-21(16-30-25)15-26-18(2)22-9-5-7-19-6-3-4-8-23(19)22/h3-13,16,18,26H,14-15H2,1-2H3,(H,27,29)/t18-/m1/s1. The minimum Gasteiger partial charge on any atom is -0.326 e. The van der Waals surface area contributed by atoms with Crippen LogP contribution in [-0.2, 0) is 17.8 Å². The number of anilines is 1. The van der Waals surface area contributed by atoms with Crippen molar-refractivity contribution in [3.05, 3.63) is 93.9 Å². The summed E-state index contributed by atoms with van der Waals surface area (Å²) in [5, 5.41) is 11.9. The van der Waals surface area contributed by atoms with E-state index in [-0.39, 0.29) is 18.4 Å². The van der Waals surface area contributed by atoms with Crippen molar-refractivity contribution in [2.45, 2.75) is 32.9 Å². The first-order valence-electron chi connectivity index (χ1n) is 10.1. The van der Waals surface area contributed by atoms with E-state index in [0.29, 0.717) is 6.54 Å². The van der Waals surface area contributed by atoms with Crippen LogP contribution in [0, 0.1) is 6.92 Å². The first kappa shape index (κ1) is 20.3. The molecular formula is C25H25N3OS. The van der Waals surface area contributed by atoms with Gasteiger partial charge in [0.15, 0.2) is 0 Å². The lowest BCUT2D eigenvalue weighted by atomic mass is 10.00. The molecule has 0 unspecified atom stereocenters. The molecular weight excluding hydrogens is 390 g/mol. The summed E-state index contributed by atoms with van der Waals surface area (Å²) in [5.41, 5.74) is 4.22. The number of nitrogens with zero attached hydrogens (tertiary/aromatic N) is 1. The number of benzene rings is 3. The molecule has 0 fully saturated rings. The fourth-order valence-electron chi connectivity index (χ4n) is 3.49. The van der Waals surface area contributed by atoms with Gasteiger partial charge in [-0.25, -0.2) is 4.98 Å². The number of fused-ring (bicyclic) bond motifs is 1. The molecule has 3 aromatic carbocycles. The summed E-state index contributed by atoms with van der Waals surface area (Å²) in [4.78, 5) is 16.9. The van der Waals surface area contributed by atoms with Crippen molar-refractivity contribution in [3.63, 3.8) is 0 Å². The summed E-state index contributed by atoms with van der Waals surface area (Å²) in [6.07, 6.45) is 0.289. The van der Waals surface area contributed by atoms with Crippen LogP contribution in [-0.4, -0.2) is 10.9 Å². The molecule has 4 rings (SSSR count). The van der Waals surface area contributed by atoms with E-state index < -0.39 is 0 Å². The normalized spacial score (nSPS) is 12.1. The zero-order chi connectivity index (χ0) is 20.9. The highest BCUT2D eigenvalue weighted by Gasteiger charge is 2.11. The van der Waals surface area contributed by atoms with E-state index >= 15 is 0 Å². The van der Waals surface area contributed by atoms with Crippen LogP contribution < -0.4 is 10.6 Å². The molecule has 0 bridgehead atoms. The van der Waals surface area contributed by atoms with E-state index in [1.807, 2.05) is 36.6 Å². The average Bonchev–Trinajstić information content (AvgIpc) is 3.20. The van der Waals surface area contributed by atoms with Crippen LogP contribution in [0.15, 0.2) is 72.1 Å². The number of thiazole rings is 1. The van der Waals surface area contributed by atoms with Gasteiger partial charge < -0.3 is 10.6 Å². The molecule has 152 valence electrons. The van der Waals surface area contributed by atoms with Gasteiger partial charge in [0.25, 0.3) is 0 Å². The third-order valence-corrected chi connectivity index (χ3v) is 6.02. The van der Waals surface area contributed by atoms with Crippen LogP contribution in [0.1, 0.15) is 34.8 Å². The summed E-state index contributed by atoms with van der Waals surface area (Å²) < 4.78 is 0. The summed E-state index contributed by atoms with van der Waals surface area (Å²) in [6, 6.07) is 22.9. The van der Waals surface area contributed by atoms with E-state index in [1.54, 1.807) is 0 Å². The molecule has 0 saturated carbocycles. The Kier molecular flexibility index (Phi) is 6.21. The van der Waals surface area contributed by atoms with Crippen LogP contribution in [0.5, 0.6) is 0 Å². The molecule has 4 nitrogen and oxygen atoms in total. The molecule has 0 aliphatic heterocycles. The van der Waals surface area contributed by atoms with Crippen LogP contribution in [0.4, 0.5) is 5.69 Å². The van der Waals surface area contributed by atoms with E-state index in [2.05, 4.69) is 65.0 Å². The van der Waals surface area contributed by atoms with Crippen molar-refractivity contribution < 1.29 is 4.79 Å². The highest BCUT2D eigenvalue weighted by Crippen LogP contribution is 2.24. The molecule has 0 saturated heterocycles. The second-order valence-corrected chi connectivity index (χ2v) is 8.44. The molecule has 0 radical (unpaired) electrons. The predicted molar refractivity (Wildman–Crippen MR) is 125 cm³/mol. The monoisotopic (exact) mass is 415 g/mol. The number of nitrogens with one attached hydrogen (secondary N) is 2. The lowest BCUT2D eigenvalue weighted by Crippen LogP contribution is -2.19. The maximum atomic E-state index is 12.3. The Morgan fingerprint density at radius 1 is 1.03 bits per heavy atom. The molecule has 0 aliphatic rings. The quantitative estimate of drug-likeness (QED) is 0.411. The van der Waals surface area contributed by atoms with E-state index in [4.69, 9.17) is 0 Å². The van der Waals surface area contributed by atoms with E-state index in [9.17, 15) is 4.79 Å². The second-order valence-electron chi connectivity index (χ2n) is 7.49. The number of aromatic nitrogens is 1.